The molecule has 0 aromatic heterocycles. The molecule has 5 heteroatoms. The molecule has 0 spiro atoms. The van der Waals surface area contributed by atoms with Crippen LogP contribution in [-0.2, 0) is 4.79 Å². The van der Waals surface area contributed by atoms with Crippen LogP contribution < -0.4 is 4.74 Å². The lowest BCUT2D eigenvalue weighted by molar-refractivity contribution is -0.127. The number of aryl methyl sites for hydroxylation is 1. The third kappa shape index (κ3) is 5.28. The topological polar surface area (TPSA) is 29.5 Å². The second-order valence-electron chi connectivity index (χ2n) is 5.15. The van der Waals surface area contributed by atoms with E-state index in [4.69, 9.17) is 4.74 Å². The Morgan fingerprint density at radius 2 is 1.87 bits per heavy atom. The third-order valence-corrected chi connectivity index (χ3v) is 4.55. The number of rotatable bonds is 7. The highest BCUT2D eigenvalue weighted by Gasteiger charge is 2.10. The fourth-order valence-corrected chi connectivity index (χ4v) is 2.92. The summed E-state index contributed by atoms with van der Waals surface area (Å²) in [7, 11) is 1.73. The first-order valence-electron chi connectivity index (χ1n) is 7.37. The molecule has 0 aliphatic rings. The Hall–Kier alpha value is -2.01. The molecule has 0 N–H and O–H groups in total. The minimum Gasteiger partial charge on any atom is -0.489 e. The molecule has 0 bridgehead atoms. The van der Waals surface area contributed by atoms with Gasteiger partial charge in [-0.2, -0.15) is 0 Å². The molecule has 0 heterocycles. The van der Waals surface area contributed by atoms with E-state index in [1.807, 2.05) is 31.2 Å². The summed E-state index contributed by atoms with van der Waals surface area (Å²) >= 11 is 1.52. The Morgan fingerprint density at radius 3 is 2.61 bits per heavy atom. The summed E-state index contributed by atoms with van der Waals surface area (Å²) in [4.78, 5) is 14.8. The molecule has 0 fully saturated rings. The fraction of sp³-hybridized carbons (Fsp3) is 0.278. The van der Waals surface area contributed by atoms with Crippen molar-refractivity contribution in [2.75, 3.05) is 26.0 Å². The highest BCUT2D eigenvalue weighted by Crippen LogP contribution is 2.22. The molecule has 0 saturated carbocycles. The number of likely N-dealkylation sites (N-methyl/N-ethyl adjacent to an activating group) is 1. The summed E-state index contributed by atoms with van der Waals surface area (Å²) in [5.74, 6) is 0.218. The minimum absolute atomic E-state index is 0.0235. The summed E-state index contributed by atoms with van der Waals surface area (Å²) in [6, 6.07) is 14.2. The van der Waals surface area contributed by atoms with Gasteiger partial charge in [-0.05, 0) is 30.7 Å². The number of halogens is 1. The predicted molar refractivity (Wildman–Crippen MR) is 91.4 cm³/mol. The second kappa shape index (κ2) is 8.58. The van der Waals surface area contributed by atoms with Crippen LogP contribution in [0, 0.1) is 12.7 Å². The van der Waals surface area contributed by atoms with Gasteiger partial charge in [0.2, 0.25) is 5.91 Å². The first-order chi connectivity index (χ1) is 11.1. The standard InChI is InChI=1S/C18H20FNO2S/c1-14-7-3-6-10-17(14)23-13-18(21)20(2)11-12-22-16-9-5-4-8-15(16)19/h3-10H,11-13H2,1-2H3. The van der Waals surface area contributed by atoms with Gasteiger partial charge in [-0.15, -0.1) is 11.8 Å². The second-order valence-corrected chi connectivity index (χ2v) is 6.17. The molecular weight excluding hydrogens is 313 g/mol. The number of para-hydroxylation sites is 1. The number of hydrogen-bond donors (Lipinski definition) is 0. The maximum Gasteiger partial charge on any atom is 0.232 e. The van der Waals surface area contributed by atoms with E-state index in [1.54, 1.807) is 30.1 Å². The Kier molecular flexibility index (Phi) is 6.47. The summed E-state index contributed by atoms with van der Waals surface area (Å²) in [5, 5.41) is 0. The average Bonchev–Trinajstić information content (AvgIpc) is 2.55. The molecule has 0 saturated heterocycles. The Morgan fingerprint density at radius 1 is 1.17 bits per heavy atom. The third-order valence-electron chi connectivity index (χ3n) is 3.39. The number of carbonyl (C=O) groups excluding carboxylic acids is 1. The van der Waals surface area contributed by atoms with Gasteiger partial charge >= 0.3 is 0 Å². The van der Waals surface area contributed by atoms with Crippen LogP contribution in [0.5, 0.6) is 5.75 Å². The molecule has 0 aliphatic heterocycles. The molecule has 0 atom stereocenters. The number of benzene rings is 2. The SMILES string of the molecule is Cc1ccccc1SCC(=O)N(C)CCOc1ccccc1F. The molecule has 2 aromatic carbocycles. The predicted octanol–water partition coefficient (Wildman–Crippen LogP) is 3.76. The first kappa shape index (κ1) is 17.3. The van der Waals surface area contributed by atoms with Crippen LogP contribution in [0.2, 0.25) is 0 Å². The van der Waals surface area contributed by atoms with E-state index in [2.05, 4.69) is 0 Å². The smallest absolute Gasteiger partial charge is 0.232 e. The van der Waals surface area contributed by atoms with Gasteiger partial charge in [-0.25, -0.2) is 4.39 Å². The van der Waals surface area contributed by atoms with Crippen LogP contribution in [0.3, 0.4) is 0 Å². The molecule has 0 radical (unpaired) electrons. The van der Waals surface area contributed by atoms with Gasteiger partial charge in [0.1, 0.15) is 6.61 Å². The highest BCUT2D eigenvalue weighted by molar-refractivity contribution is 8.00. The molecule has 0 aliphatic carbocycles. The van der Waals surface area contributed by atoms with E-state index < -0.39 is 5.82 Å². The van der Waals surface area contributed by atoms with Crippen LogP contribution in [0.4, 0.5) is 4.39 Å². The van der Waals surface area contributed by atoms with E-state index >= 15 is 0 Å². The minimum atomic E-state index is -0.392. The molecule has 2 aromatic rings. The number of carbonyl (C=O) groups is 1. The van der Waals surface area contributed by atoms with Crippen molar-refractivity contribution in [1.29, 1.82) is 0 Å². The van der Waals surface area contributed by atoms with Gasteiger partial charge in [0, 0.05) is 11.9 Å². The van der Waals surface area contributed by atoms with Crippen molar-refractivity contribution < 1.29 is 13.9 Å². The summed E-state index contributed by atoms with van der Waals surface area (Å²) < 4.78 is 18.8. The number of amides is 1. The number of thioether (sulfide) groups is 1. The molecule has 23 heavy (non-hydrogen) atoms. The molecule has 3 nitrogen and oxygen atoms in total. The van der Waals surface area contributed by atoms with Crippen LogP contribution >= 0.6 is 11.8 Å². The summed E-state index contributed by atoms with van der Waals surface area (Å²) in [6.07, 6.45) is 0. The van der Waals surface area contributed by atoms with E-state index in [1.165, 1.54) is 17.8 Å². The number of ether oxygens (including phenoxy) is 1. The maximum absolute atomic E-state index is 13.4. The lowest BCUT2D eigenvalue weighted by Gasteiger charge is -2.17. The number of hydrogen-bond acceptors (Lipinski definition) is 3. The molecule has 122 valence electrons. The highest BCUT2D eigenvalue weighted by atomic mass is 32.2. The Balaban J connectivity index is 1.75. The van der Waals surface area contributed by atoms with Gasteiger partial charge in [0.15, 0.2) is 11.6 Å². The molecule has 1 amide bonds. The van der Waals surface area contributed by atoms with Crippen molar-refractivity contribution in [3.8, 4) is 5.75 Å². The zero-order valence-corrected chi connectivity index (χ0v) is 14.1. The first-order valence-corrected chi connectivity index (χ1v) is 8.36. The van der Waals surface area contributed by atoms with Crippen molar-refractivity contribution in [3.05, 3.63) is 59.9 Å². The lowest BCUT2D eigenvalue weighted by atomic mass is 10.2. The molecule has 2 rings (SSSR count). The van der Waals surface area contributed by atoms with Crippen molar-refractivity contribution in [2.24, 2.45) is 0 Å². The van der Waals surface area contributed by atoms with Crippen LogP contribution in [-0.4, -0.2) is 36.8 Å². The molecular formula is C18H20FNO2S. The van der Waals surface area contributed by atoms with Gasteiger partial charge in [0.25, 0.3) is 0 Å². The van der Waals surface area contributed by atoms with E-state index in [0.29, 0.717) is 12.3 Å². The molecule has 0 unspecified atom stereocenters. The maximum atomic E-state index is 13.4. The van der Waals surface area contributed by atoms with Crippen molar-refractivity contribution >= 4 is 17.7 Å². The van der Waals surface area contributed by atoms with Crippen molar-refractivity contribution in [3.63, 3.8) is 0 Å². The zero-order valence-electron chi connectivity index (χ0n) is 13.3. The Labute approximate surface area is 140 Å². The van der Waals surface area contributed by atoms with Gasteiger partial charge in [0.05, 0.1) is 12.3 Å². The van der Waals surface area contributed by atoms with Crippen molar-refractivity contribution in [1.82, 2.24) is 4.90 Å². The fourth-order valence-electron chi connectivity index (χ4n) is 1.95. The van der Waals surface area contributed by atoms with Gasteiger partial charge < -0.3 is 9.64 Å². The van der Waals surface area contributed by atoms with Gasteiger partial charge in [-0.3, -0.25) is 4.79 Å². The van der Waals surface area contributed by atoms with Crippen LogP contribution in [0.25, 0.3) is 0 Å². The lowest BCUT2D eigenvalue weighted by Crippen LogP contribution is -2.32. The van der Waals surface area contributed by atoms with Crippen LogP contribution in [0.1, 0.15) is 5.56 Å². The quantitative estimate of drug-likeness (QED) is 0.723. The summed E-state index contributed by atoms with van der Waals surface area (Å²) in [6.45, 7) is 2.71. The van der Waals surface area contributed by atoms with Crippen molar-refractivity contribution in [2.45, 2.75) is 11.8 Å². The Bertz CT molecular complexity index is 663. The van der Waals surface area contributed by atoms with Gasteiger partial charge in [-0.1, -0.05) is 30.3 Å². The normalized spacial score (nSPS) is 10.4. The zero-order chi connectivity index (χ0) is 16.7. The average molecular weight is 333 g/mol. The van der Waals surface area contributed by atoms with E-state index in [9.17, 15) is 9.18 Å². The van der Waals surface area contributed by atoms with E-state index in [0.717, 1.165) is 10.5 Å². The monoisotopic (exact) mass is 333 g/mol. The van der Waals surface area contributed by atoms with Crippen LogP contribution in [0.15, 0.2) is 53.4 Å². The number of nitrogens with zero attached hydrogens (tertiary/aromatic N) is 1. The van der Waals surface area contributed by atoms with E-state index in [-0.39, 0.29) is 18.3 Å². The largest absolute Gasteiger partial charge is 0.489 e. The summed E-state index contributed by atoms with van der Waals surface area (Å²) in [5.41, 5.74) is 1.16.